The van der Waals surface area contributed by atoms with Crippen LogP contribution in [-0.4, -0.2) is 11.7 Å². The molecule has 0 atom stereocenters. The number of aromatic hydroxyl groups is 1. The van der Waals surface area contributed by atoms with Crippen LogP contribution in [0, 0.1) is 5.92 Å². The summed E-state index contributed by atoms with van der Waals surface area (Å²) in [6.45, 7) is 3.18. The number of hydrogen-bond donors (Lipinski definition) is 2. The summed E-state index contributed by atoms with van der Waals surface area (Å²) in [7, 11) is 0. The largest absolute Gasteiger partial charge is 0.506 e. The third-order valence-electron chi connectivity index (χ3n) is 5.99. The zero-order valence-corrected chi connectivity index (χ0v) is 15.6. The standard InChI is InChI=1S/C22H22ClNO2/c1-12-10-11-24-15-7-6-14-19-17(9-8-16(25)21(19)23)26-22(20(14)18(12)15)13-4-2-3-5-13/h6-9,13,24-25H,2-5,10-11H2,1H3. The van der Waals surface area contributed by atoms with E-state index in [4.69, 9.17) is 16.3 Å². The second-order valence-corrected chi connectivity index (χ2v) is 7.97. The number of nitrogens with one attached hydrogen (secondary N) is 1. The van der Waals surface area contributed by atoms with E-state index in [0.29, 0.717) is 10.9 Å². The third-order valence-corrected chi connectivity index (χ3v) is 6.38. The first-order valence-electron chi connectivity index (χ1n) is 9.45. The minimum absolute atomic E-state index is 0.0980. The van der Waals surface area contributed by atoms with Crippen molar-refractivity contribution in [3.63, 3.8) is 0 Å². The Morgan fingerprint density at radius 1 is 1.12 bits per heavy atom. The molecule has 1 aliphatic carbocycles. The van der Waals surface area contributed by atoms with Crippen LogP contribution in [0.4, 0.5) is 5.69 Å². The van der Waals surface area contributed by atoms with Gasteiger partial charge in [0.25, 0.3) is 0 Å². The predicted molar refractivity (Wildman–Crippen MR) is 106 cm³/mol. The van der Waals surface area contributed by atoms with Crippen molar-refractivity contribution in [1.29, 1.82) is 0 Å². The lowest BCUT2D eigenvalue weighted by Crippen LogP contribution is -2.40. The molecule has 2 aromatic rings. The van der Waals surface area contributed by atoms with Gasteiger partial charge >= 0.3 is 0 Å². The number of hydrogen-bond acceptors (Lipinski definition) is 3. The Morgan fingerprint density at radius 3 is 2.73 bits per heavy atom. The van der Waals surface area contributed by atoms with Gasteiger partial charge in [-0.2, -0.15) is 0 Å². The molecule has 1 saturated carbocycles. The Labute approximate surface area is 158 Å². The summed E-state index contributed by atoms with van der Waals surface area (Å²) >= 11 is 6.50. The Balaban J connectivity index is 1.94. The Kier molecular flexibility index (Phi) is 3.68. The molecular weight excluding hydrogens is 346 g/mol. The second kappa shape index (κ2) is 5.95. The number of fused-ring (bicyclic) bond motifs is 5. The average molecular weight is 368 g/mol. The molecule has 3 aliphatic rings. The summed E-state index contributed by atoms with van der Waals surface area (Å²) in [6, 6.07) is 7.72. The van der Waals surface area contributed by atoms with Gasteiger partial charge in [-0.3, -0.25) is 0 Å². The normalized spacial score (nSPS) is 18.7. The Morgan fingerprint density at radius 2 is 1.92 bits per heavy atom. The van der Waals surface area contributed by atoms with Crippen molar-refractivity contribution >= 4 is 28.6 Å². The first-order valence-corrected chi connectivity index (χ1v) is 9.83. The van der Waals surface area contributed by atoms with Gasteiger partial charge in [0.15, 0.2) is 0 Å². The minimum Gasteiger partial charge on any atom is -0.506 e. The molecule has 0 amide bonds. The van der Waals surface area contributed by atoms with E-state index >= 15 is 0 Å². The second-order valence-electron chi connectivity index (χ2n) is 7.59. The molecule has 0 spiro atoms. The lowest BCUT2D eigenvalue weighted by atomic mass is 9.90. The number of ether oxygens (including phenoxy) is 1. The number of phenolic OH excluding ortho intramolecular Hbond substituents is 1. The van der Waals surface area contributed by atoms with E-state index < -0.39 is 0 Å². The summed E-state index contributed by atoms with van der Waals surface area (Å²) in [4.78, 5) is 0. The molecule has 0 radical (unpaired) electrons. The maximum Gasteiger partial charge on any atom is 0.136 e. The highest BCUT2D eigenvalue weighted by Gasteiger charge is 2.30. The van der Waals surface area contributed by atoms with Crippen LogP contribution in [-0.2, 0) is 0 Å². The topological polar surface area (TPSA) is 41.5 Å². The van der Waals surface area contributed by atoms with Gasteiger partial charge in [-0.15, -0.1) is 0 Å². The van der Waals surface area contributed by atoms with Crippen molar-refractivity contribution in [2.45, 2.75) is 39.0 Å². The van der Waals surface area contributed by atoms with Gasteiger partial charge in [0.2, 0.25) is 0 Å². The van der Waals surface area contributed by atoms with Gasteiger partial charge in [-0.1, -0.05) is 36.1 Å². The van der Waals surface area contributed by atoms with E-state index in [0.717, 1.165) is 35.6 Å². The molecule has 2 aliphatic heterocycles. The summed E-state index contributed by atoms with van der Waals surface area (Å²) in [6.07, 6.45) is 5.89. The van der Waals surface area contributed by atoms with Crippen molar-refractivity contribution in [2.24, 2.45) is 5.92 Å². The predicted octanol–water partition coefficient (Wildman–Crippen LogP) is 4.39. The molecule has 5 rings (SSSR count). The van der Waals surface area contributed by atoms with Crippen LogP contribution >= 0.6 is 11.6 Å². The quantitative estimate of drug-likeness (QED) is 0.785. The van der Waals surface area contributed by atoms with Crippen LogP contribution in [0.15, 0.2) is 24.3 Å². The van der Waals surface area contributed by atoms with Gasteiger partial charge in [-0.05, 0) is 49.9 Å². The average Bonchev–Trinajstić information content (AvgIpc) is 3.18. The molecule has 26 heavy (non-hydrogen) atoms. The van der Waals surface area contributed by atoms with E-state index in [9.17, 15) is 5.11 Å². The van der Waals surface area contributed by atoms with Gasteiger partial charge < -0.3 is 15.2 Å². The van der Waals surface area contributed by atoms with Gasteiger partial charge in [0.1, 0.15) is 17.3 Å². The number of benzene rings is 2. The summed E-state index contributed by atoms with van der Waals surface area (Å²) in [5.41, 5.74) is 4.45. The monoisotopic (exact) mass is 367 g/mol. The molecule has 4 heteroatoms. The van der Waals surface area contributed by atoms with E-state index in [2.05, 4.69) is 24.4 Å². The smallest absolute Gasteiger partial charge is 0.136 e. The van der Waals surface area contributed by atoms with Crippen molar-refractivity contribution in [1.82, 2.24) is 0 Å². The SMILES string of the molecule is CC1=c2c(ccc3c2=C(C2CCCC2)Oc2ccc(O)c(Cl)c2-3)NCC1. The lowest BCUT2D eigenvalue weighted by Gasteiger charge is -2.27. The molecule has 2 heterocycles. The molecule has 0 aromatic heterocycles. The fourth-order valence-electron chi connectivity index (χ4n) is 4.70. The van der Waals surface area contributed by atoms with Gasteiger partial charge in [0, 0.05) is 34.2 Å². The van der Waals surface area contributed by atoms with Crippen LogP contribution in [0.25, 0.3) is 22.5 Å². The van der Waals surface area contributed by atoms with Crippen molar-refractivity contribution in [3.8, 4) is 22.6 Å². The third kappa shape index (κ3) is 2.26. The minimum atomic E-state index is 0.0980. The molecule has 3 nitrogen and oxygen atoms in total. The van der Waals surface area contributed by atoms with E-state index in [1.54, 1.807) is 6.07 Å². The summed E-state index contributed by atoms with van der Waals surface area (Å²) < 4.78 is 6.47. The van der Waals surface area contributed by atoms with Crippen LogP contribution in [0.5, 0.6) is 11.5 Å². The molecular formula is C22H22ClNO2. The summed E-state index contributed by atoms with van der Waals surface area (Å²) in [5.74, 6) is 2.40. The van der Waals surface area contributed by atoms with Crippen LogP contribution < -0.4 is 20.5 Å². The number of halogens is 1. The molecule has 134 valence electrons. The van der Waals surface area contributed by atoms with Crippen LogP contribution in [0.3, 0.4) is 0 Å². The lowest BCUT2D eigenvalue weighted by molar-refractivity contribution is 0.429. The fraction of sp³-hybridized carbons (Fsp3) is 0.364. The fourth-order valence-corrected chi connectivity index (χ4v) is 4.95. The van der Waals surface area contributed by atoms with E-state index in [-0.39, 0.29) is 5.75 Å². The van der Waals surface area contributed by atoms with E-state index in [1.807, 2.05) is 6.07 Å². The maximum atomic E-state index is 10.2. The van der Waals surface area contributed by atoms with E-state index in [1.165, 1.54) is 47.4 Å². The van der Waals surface area contributed by atoms with Crippen molar-refractivity contribution < 1.29 is 9.84 Å². The zero-order chi connectivity index (χ0) is 17.8. The van der Waals surface area contributed by atoms with Crippen LogP contribution in [0.1, 0.15) is 39.0 Å². The molecule has 1 fully saturated rings. The molecule has 0 bridgehead atoms. The molecule has 2 aromatic carbocycles. The zero-order valence-electron chi connectivity index (χ0n) is 14.9. The molecule has 0 unspecified atom stereocenters. The van der Waals surface area contributed by atoms with Gasteiger partial charge in [0.05, 0.1) is 5.02 Å². The summed E-state index contributed by atoms with van der Waals surface area (Å²) in [5, 5.41) is 16.5. The maximum absolute atomic E-state index is 10.2. The van der Waals surface area contributed by atoms with Crippen molar-refractivity contribution in [3.05, 3.63) is 39.7 Å². The highest BCUT2D eigenvalue weighted by Crippen LogP contribution is 2.45. The van der Waals surface area contributed by atoms with Crippen molar-refractivity contribution in [2.75, 3.05) is 11.9 Å². The highest BCUT2D eigenvalue weighted by molar-refractivity contribution is 6.35. The number of phenols is 1. The highest BCUT2D eigenvalue weighted by atomic mass is 35.5. The van der Waals surface area contributed by atoms with Gasteiger partial charge in [-0.25, -0.2) is 0 Å². The Hall–Kier alpha value is -2.13. The first kappa shape index (κ1) is 16.1. The number of anilines is 1. The Bertz CT molecular complexity index is 1040. The van der Waals surface area contributed by atoms with Crippen LogP contribution in [0.2, 0.25) is 5.02 Å². The molecule has 0 saturated heterocycles. The first-order chi connectivity index (χ1) is 12.6. The number of rotatable bonds is 1. The molecule has 2 N–H and O–H groups in total.